The number of hydrogen-bond donors (Lipinski definition) is 1. The molecule has 0 aromatic heterocycles. The van der Waals surface area contributed by atoms with Crippen LogP contribution in [0.25, 0.3) is 0 Å². The molecule has 0 spiro atoms. The fourth-order valence-electron chi connectivity index (χ4n) is 15.6. The topological polar surface area (TPSA) is 20.2 Å². The largest absolute Gasteiger partial charge is 0.392 e. The fourth-order valence-corrected chi connectivity index (χ4v) is 15.6. The van der Waals surface area contributed by atoms with Gasteiger partial charge in [-0.1, -0.05) is 274 Å². The fraction of sp³-hybridized carbons (Fsp3) is 0.786. The van der Waals surface area contributed by atoms with Crippen LogP contribution < -0.4 is 0 Å². The van der Waals surface area contributed by atoms with Crippen LogP contribution in [0.2, 0.25) is 0 Å². The Hall–Kier alpha value is -2.90. The summed E-state index contributed by atoms with van der Waals surface area (Å²) in [5.41, 5.74) is 17.3. The minimum absolute atomic E-state index is 0.155. The molecule has 0 bridgehead atoms. The third-order valence-corrected chi connectivity index (χ3v) is 24.3. The molecule has 0 rings (SSSR count). The summed E-state index contributed by atoms with van der Waals surface area (Å²) < 4.78 is 0. The number of aliphatic hydroxyl groups excluding tert-OH is 1. The highest BCUT2D eigenvalue weighted by atomic mass is 16.2. The molecule has 0 aliphatic heterocycles. The molecule has 1 nitrogen and oxygen atoms in total. The second-order valence-electron chi connectivity index (χ2n) is 36.5. The van der Waals surface area contributed by atoms with E-state index in [1.165, 1.54) is 307 Å². The molecule has 0 saturated heterocycles. The minimum Gasteiger partial charge on any atom is -0.392 e. The van der Waals surface area contributed by atoms with Crippen LogP contribution in [0, 0.1) is 53.3 Å². The van der Waals surface area contributed by atoms with Crippen LogP contribution in [-0.2, 0) is 0 Å². The number of rotatable bonds is 70. The Balaban J connectivity index is 4.08. The number of unbranched alkanes of at least 4 members (excludes halogenated alkanes) is 2. The van der Waals surface area contributed by atoms with Gasteiger partial charge >= 0.3 is 0 Å². The summed E-state index contributed by atoms with van der Waals surface area (Å²) in [4.78, 5) is 0. The molecule has 0 radical (unpaired) electrons. The van der Waals surface area contributed by atoms with Gasteiger partial charge in [-0.25, -0.2) is 0 Å². The van der Waals surface area contributed by atoms with Gasteiger partial charge in [-0.3, -0.25) is 0 Å². The van der Waals surface area contributed by atoms with Gasteiger partial charge in [-0.15, -0.1) is 0 Å². The van der Waals surface area contributed by atoms with Crippen molar-refractivity contribution in [3.8, 4) is 0 Å². The van der Waals surface area contributed by atoms with Crippen LogP contribution in [0.1, 0.15) is 466 Å². The van der Waals surface area contributed by atoms with Gasteiger partial charge in [0.2, 0.25) is 0 Å². The van der Waals surface area contributed by atoms with Crippen LogP contribution in [-0.4, -0.2) is 11.7 Å². The Bertz CT molecular complexity index is 2390. The van der Waals surface area contributed by atoms with E-state index in [-0.39, 0.29) is 6.61 Å². The second-order valence-corrected chi connectivity index (χ2v) is 36.5. The van der Waals surface area contributed by atoms with Crippen molar-refractivity contribution in [3.05, 3.63) is 128 Å². The molecule has 0 aromatic carbocycles. The van der Waals surface area contributed by atoms with Crippen LogP contribution in [0.4, 0.5) is 0 Å². The molecule has 9 unspecified atom stereocenters. The van der Waals surface area contributed by atoms with Crippen molar-refractivity contribution in [1.29, 1.82) is 0 Å². The quantitative estimate of drug-likeness (QED) is 0.0475. The standard InChI is InChI=1S/C103H186O/c1-22-84(2)44-24-23-25-45-85(3)46-26-47-86(4)48-27-49-87(5)50-28-51-88(6)52-29-53-89(7)54-30-55-90(8)56-31-57-91(9)58-32-59-92(10)60-33-61-93(11)62-34-63-94(12)64-35-65-95(13)66-36-67-96(14)68-37-69-97(15)70-38-71-98(16)72-39-73-99(17)74-40-75-100(18)76-41-77-101(19)78-42-79-102(20)80-43-81-103(21)82-83-104/h46,50,54,58,62,66,70,74,78,80,82,84,86,88,90,92,94,96,98,100,104H,22-45,47-49,51-53,55-57,59-61,63-65,67-69,71-73,75-77,79,81,83H2,1-21H3/b85-46-,87-50-,89-54-,91-58-,93-62-,95-66-,97-70-,99-74-,101-78-,102-80-,103-82-. The molecule has 0 heterocycles. The first kappa shape index (κ1) is 101. The highest BCUT2D eigenvalue weighted by Gasteiger charge is 2.11. The average Bonchev–Trinajstić information content (AvgIpc) is 3.16. The van der Waals surface area contributed by atoms with Crippen LogP contribution in [0.3, 0.4) is 0 Å². The maximum absolute atomic E-state index is 9.05. The van der Waals surface area contributed by atoms with E-state index in [2.05, 4.69) is 206 Å². The van der Waals surface area contributed by atoms with Crippen molar-refractivity contribution in [2.24, 2.45) is 53.3 Å². The van der Waals surface area contributed by atoms with Gasteiger partial charge in [0.1, 0.15) is 0 Å². The van der Waals surface area contributed by atoms with Crippen LogP contribution >= 0.6 is 0 Å². The summed E-state index contributed by atoms with van der Waals surface area (Å²) in [7, 11) is 0. The Morgan fingerprint density at radius 3 is 0.538 bits per heavy atom. The molecular weight excluding hydrogens is 1250 g/mol. The molecule has 9 atom stereocenters. The molecular formula is C103H186O. The predicted octanol–water partition coefficient (Wildman–Crippen LogP) is 35.6. The van der Waals surface area contributed by atoms with E-state index in [0.29, 0.717) is 0 Å². The zero-order valence-electron chi connectivity index (χ0n) is 74.6. The SMILES string of the molecule is CCC(C)CCCCC/C(C)=C\CCC(C)CCC/C(C)=C\CCC(C)CCC/C(C)=C\CCC(C)CCC/C(C)=C\CCC(C)CCC/C(C)=C\CCC(C)CCC/C(C)=C\CCC(C)CCC/C(C)=C\CCC(C)CCC/C(C)=C\CCC(C)CCC/C(C)=C\CC/C(C)=C\CC/C(C)=C\CO. The summed E-state index contributed by atoms with van der Waals surface area (Å²) >= 11 is 0. The molecule has 104 heavy (non-hydrogen) atoms. The van der Waals surface area contributed by atoms with E-state index in [9.17, 15) is 0 Å². The zero-order valence-corrected chi connectivity index (χ0v) is 74.6. The maximum Gasteiger partial charge on any atom is 0.0614 e. The average molecular weight is 1440 g/mol. The van der Waals surface area contributed by atoms with Gasteiger partial charge in [-0.2, -0.15) is 0 Å². The normalized spacial score (nSPS) is 16.7. The van der Waals surface area contributed by atoms with E-state index in [1.54, 1.807) is 50.2 Å². The van der Waals surface area contributed by atoms with Crippen molar-refractivity contribution in [1.82, 2.24) is 0 Å². The van der Waals surface area contributed by atoms with E-state index in [4.69, 9.17) is 5.11 Å². The van der Waals surface area contributed by atoms with Crippen molar-refractivity contribution in [2.75, 3.05) is 6.61 Å². The zero-order chi connectivity index (χ0) is 77.4. The lowest BCUT2D eigenvalue weighted by atomic mass is 9.94. The Labute approximate surface area is 655 Å². The molecule has 0 aliphatic rings. The van der Waals surface area contributed by atoms with E-state index in [0.717, 1.165) is 78.9 Å². The highest BCUT2D eigenvalue weighted by molar-refractivity contribution is 5.08. The number of aliphatic hydroxyl groups is 1. The van der Waals surface area contributed by atoms with Crippen LogP contribution in [0.15, 0.2) is 128 Å². The molecule has 604 valence electrons. The molecule has 1 heteroatoms. The van der Waals surface area contributed by atoms with Gasteiger partial charge < -0.3 is 5.11 Å². The van der Waals surface area contributed by atoms with E-state index in [1.807, 2.05) is 6.08 Å². The first-order chi connectivity index (χ1) is 49.8. The number of hydrogen-bond acceptors (Lipinski definition) is 1. The maximum atomic E-state index is 9.05. The molecule has 0 amide bonds. The second kappa shape index (κ2) is 69.3. The van der Waals surface area contributed by atoms with Crippen molar-refractivity contribution < 1.29 is 5.11 Å². The molecule has 0 aliphatic carbocycles. The highest BCUT2D eigenvalue weighted by Crippen LogP contribution is 2.28. The van der Waals surface area contributed by atoms with Crippen LogP contribution in [0.5, 0.6) is 0 Å². The summed E-state index contributed by atoms with van der Waals surface area (Å²) in [5, 5.41) is 9.05. The van der Waals surface area contributed by atoms with Gasteiger partial charge in [0.05, 0.1) is 6.61 Å². The number of allylic oxidation sites excluding steroid dienone is 21. The summed E-state index contributed by atoms with van der Waals surface area (Å²) in [6, 6.07) is 0. The lowest BCUT2D eigenvalue weighted by Gasteiger charge is -2.13. The predicted molar refractivity (Wildman–Crippen MR) is 477 cm³/mol. The molecule has 0 saturated carbocycles. The Morgan fingerprint density at radius 2 is 0.346 bits per heavy atom. The Kier molecular flexibility index (Phi) is 67.4. The summed E-state index contributed by atoms with van der Waals surface area (Å²) in [6.45, 7) is 50.5. The lowest BCUT2D eigenvalue weighted by molar-refractivity contribution is 0.341. The van der Waals surface area contributed by atoms with Gasteiger partial charge in [0, 0.05) is 0 Å². The molecule has 0 aromatic rings. The van der Waals surface area contributed by atoms with Crippen molar-refractivity contribution in [3.63, 3.8) is 0 Å². The third-order valence-electron chi connectivity index (χ3n) is 24.3. The summed E-state index contributed by atoms with van der Waals surface area (Å²) in [5.74, 6) is 7.48. The first-order valence-corrected chi connectivity index (χ1v) is 45.6. The third kappa shape index (κ3) is 68.4. The van der Waals surface area contributed by atoms with E-state index < -0.39 is 0 Å². The van der Waals surface area contributed by atoms with Gasteiger partial charge in [0.15, 0.2) is 0 Å². The van der Waals surface area contributed by atoms with Crippen molar-refractivity contribution >= 4 is 0 Å². The monoisotopic (exact) mass is 1440 g/mol. The molecule has 0 fully saturated rings. The smallest absolute Gasteiger partial charge is 0.0614 e. The summed E-state index contributed by atoms with van der Waals surface area (Å²) in [6.07, 6.45) is 92.6. The van der Waals surface area contributed by atoms with Gasteiger partial charge in [-0.05, 0) is 373 Å². The van der Waals surface area contributed by atoms with Gasteiger partial charge in [0.25, 0.3) is 0 Å². The van der Waals surface area contributed by atoms with Crippen molar-refractivity contribution in [2.45, 2.75) is 466 Å². The first-order valence-electron chi connectivity index (χ1n) is 45.6. The molecule has 1 N–H and O–H groups in total. The Morgan fingerprint density at radius 1 is 0.183 bits per heavy atom. The lowest BCUT2D eigenvalue weighted by Crippen LogP contribution is -1.97. The minimum atomic E-state index is 0.155. The van der Waals surface area contributed by atoms with E-state index >= 15 is 0 Å².